The normalized spacial score (nSPS) is 11.6. The van der Waals surface area contributed by atoms with E-state index in [0.29, 0.717) is 0 Å². The smallest absolute Gasteiger partial charge is 0.252 e. The van der Waals surface area contributed by atoms with Gasteiger partial charge in [0, 0.05) is 19.8 Å². The van der Waals surface area contributed by atoms with Crippen LogP contribution in [0.4, 0.5) is 0 Å². The molecule has 0 spiro atoms. The zero-order chi connectivity index (χ0) is 9.03. The van der Waals surface area contributed by atoms with E-state index in [0.717, 1.165) is 5.56 Å². The van der Waals surface area contributed by atoms with Gasteiger partial charge in [0.1, 0.15) is 0 Å². The van der Waals surface area contributed by atoms with Gasteiger partial charge in [0.25, 0.3) is 5.91 Å². The van der Waals surface area contributed by atoms with Crippen molar-refractivity contribution < 1.29 is 9.47 Å². The molecule has 0 heterocycles. The highest BCUT2D eigenvalue weighted by molar-refractivity contribution is 5.18. The topological polar surface area (TPSA) is 44.5 Å². The molecule has 1 radical (unpaired) electrons. The average molecular weight is 166 g/mol. The number of benzene rings is 1. The summed E-state index contributed by atoms with van der Waals surface area (Å²) in [6.07, 6.45) is 0. The van der Waals surface area contributed by atoms with Crippen molar-refractivity contribution >= 4 is 0 Å². The summed E-state index contributed by atoms with van der Waals surface area (Å²) >= 11 is 0. The largest absolute Gasteiger partial charge is 0.337 e. The van der Waals surface area contributed by atoms with E-state index in [2.05, 4.69) is 6.07 Å². The molecule has 0 amide bonds. The number of hydrogen-bond donors (Lipinski definition) is 1. The van der Waals surface area contributed by atoms with Gasteiger partial charge in [0.15, 0.2) is 0 Å². The lowest BCUT2D eigenvalue weighted by Crippen LogP contribution is -2.40. The van der Waals surface area contributed by atoms with Gasteiger partial charge in [0.05, 0.1) is 0 Å². The van der Waals surface area contributed by atoms with E-state index in [9.17, 15) is 0 Å². The maximum Gasteiger partial charge on any atom is 0.252 e. The molecule has 1 rings (SSSR count). The molecular formula is C9H12NO2. The minimum Gasteiger partial charge on any atom is -0.337 e. The van der Waals surface area contributed by atoms with Gasteiger partial charge in [-0.25, -0.2) is 0 Å². The number of methoxy groups -OCH3 is 2. The third kappa shape index (κ3) is 1.64. The van der Waals surface area contributed by atoms with Gasteiger partial charge in [-0.2, -0.15) is 0 Å². The Hall–Kier alpha value is -0.900. The predicted octanol–water partition coefficient (Wildman–Crippen LogP) is 0.849. The second kappa shape index (κ2) is 3.67. The van der Waals surface area contributed by atoms with E-state index in [1.165, 1.54) is 14.2 Å². The summed E-state index contributed by atoms with van der Waals surface area (Å²) in [4.78, 5) is 0. The molecular weight excluding hydrogens is 154 g/mol. The quantitative estimate of drug-likeness (QED) is 0.677. The van der Waals surface area contributed by atoms with Crippen LogP contribution in [0.15, 0.2) is 24.3 Å². The maximum atomic E-state index is 5.75. The molecule has 0 atom stereocenters. The van der Waals surface area contributed by atoms with Gasteiger partial charge in [-0.05, 0) is 12.1 Å². The van der Waals surface area contributed by atoms with Gasteiger partial charge in [-0.1, -0.05) is 18.2 Å². The van der Waals surface area contributed by atoms with Crippen LogP contribution < -0.4 is 5.73 Å². The summed E-state index contributed by atoms with van der Waals surface area (Å²) in [6.45, 7) is 0. The average Bonchev–Trinajstić information content (AvgIpc) is 2.18. The molecule has 0 bridgehead atoms. The number of rotatable bonds is 3. The Morgan fingerprint density at radius 1 is 1.42 bits per heavy atom. The van der Waals surface area contributed by atoms with E-state index in [1.807, 2.05) is 12.1 Å². The summed E-state index contributed by atoms with van der Waals surface area (Å²) in [7, 11) is 2.99. The first-order valence-corrected chi connectivity index (χ1v) is 3.58. The highest BCUT2D eigenvalue weighted by atomic mass is 16.7. The maximum absolute atomic E-state index is 5.75. The molecule has 0 saturated heterocycles. The summed E-state index contributed by atoms with van der Waals surface area (Å²) < 4.78 is 10.0. The van der Waals surface area contributed by atoms with Crippen molar-refractivity contribution in [2.45, 2.75) is 5.91 Å². The van der Waals surface area contributed by atoms with Crippen LogP contribution in [-0.2, 0) is 15.4 Å². The van der Waals surface area contributed by atoms with Crippen LogP contribution in [-0.4, -0.2) is 14.2 Å². The number of hydrogen-bond acceptors (Lipinski definition) is 3. The van der Waals surface area contributed by atoms with Crippen LogP contribution in [0, 0.1) is 6.07 Å². The second-order valence-corrected chi connectivity index (χ2v) is 2.37. The van der Waals surface area contributed by atoms with Gasteiger partial charge >= 0.3 is 0 Å². The van der Waals surface area contributed by atoms with Crippen LogP contribution in [0.3, 0.4) is 0 Å². The first kappa shape index (κ1) is 9.19. The second-order valence-electron chi connectivity index (χ2n) is 2.37. The first-order valence-electron chi connectivity index (χ1n) is 3.58. The van der Waals surface area contributed by atoms with Crippen LogP contribution >= 0.6 is 0 Å². The van der Waals surface area contributed by atoms with Gasteiger partial charge in [-0.3, -0.25) is 5.73 Å². The van der Waals surface area contributed by atoms with Crippen molar-refractivity contribution in [3.8, 4) is 0 Å². The molecule has 12 heavy (non-hydrogen) atoms. The zero-order valence-corrected chi connectivity index (χ0v) is 7.20. The van der Waals surface area contributed by atoms with E-state index in [-0.39, 0.29) is 0 Å². The Labute approximate surface area is 72.1 Å². The molecule has 3 heteroatoms. The lowest BCUT2D eigenvalue weighted by molar-refractivity contribution is -0.211. The molecule has 1 aromatic rings. The Morgan fingerprint density at radius 3 is 2.50 bits per heavy atom. The third-order valence-corrected chi connectivity index (χ3v) is 1.72. The van der Waals surface area contributed by atoms with Gasteiger partial charge in [0.2, 0.25) is 0 Å². The SMILES string of the molecule is COC(N)(OC)c1c[c]ccc1. The molecule has 0 unspecified atom stereocenters. The van der Waals surface area contributed by atoms with Crippen LogP contribution in [0.25, 0.3) is 0 Å². The minimum absolute atomic E-state index is 0.745. The Morgan fingerprint density at radius 2 is 2.08 bits per heavy atom. The number of ether oxygens (including phenoxy) is 2. The summed E-state index contributed by atoms with van der Waals surface area (Å²) in [5.41, 5.74) is 6.50. The molecule has 0 aliphatic carbocycles. The van der Waals surface area contributed by atoms with Crippen molar-refractivity contribution in [1.29, 1.82) is 0 Å². The molecule has 0 aromatic heterocycles. The van der Waals surface area contributed by atoms with E-state index in [1.54, 1.807) is 12.1 Å². The molecule has 3 nitrogen and oxygen atoms in total. The zero-order valence-electron chi connectivity index (χ0n) is 7.20. The third-order valence-electron chi connectivity index (χ3n) is 1.72. The fourth-order valence-corrected chi connectivity index (χ4v) is 0.929. The highest BCUT2D eigenvalue weighted by Crippen LogP contribution is 2.18. The fourth-order valence-electron chi connectivity index (χ4n) is 0.929. The summed E-state index contributed by atoms with van der Waals surface area (Å²) in [5.74, 6) is -1.16. The van der Waals surface area contributed by atoms with Crippen LogP contribution in [0.2, 0.25) is 0 Å². The van der Waals surface area contributed by atoms with E-state index >= 15 is 0 Å². The molecule has 0 fully saturated rings. The van der Waals surface area contributed by atoms with Crippen LogP contribution in [0.5, 0.6) is 0 Å². The van der Waals surface area contributed by atoms with Crippen molar-refractivity contribution in [3.05, 3.63) is 35.9 Å². The fraction of sp³-hybridized carbons (Fsp3) is 0.333. The Bertz CT molecular complexity index is 232. The van der Waals surface area contributed by atoms with Crippen molar-refractivity contribution in [1.82, 2.24) is 0 Å². The van der Waals surface area contributed by atoms with E-state index < -0.39 is 5.91 Å². The molecule has 0 saturated carbocycles. The molecule has 65 valence electrons. The Kier molecular flexibility index (Phi) is 2.81. The lowest BCUT2D eigenvalue weighted by Gasteiger charge is -2.25. The monoisotopic (exact) mass is 166 g/mol. The molecule has 0 aliphatic heterocycles. The molecule has 0 aliphatic rings. The number of nitrogens with two attached hydrogens (primary N) is 1. The van der Waals surface area contributed by atoms with Gasteiger partial charge < -0.3 is 9.47 Å². The first-order chi connectivity index (χ1) is 5.73. The minimum atomic E-state index is -1.16. The van der Waals surface area contributed by atoms with Crippen molar-refractivity contribution in [2.75, 3.05) is 14.2 Å². The van der Waals surface area contributed by atoms with Gasteiger partial charge in [-0.15, -0.1) is 0 Å². The standard InChI is InChI=1S/C9H12NO2/c1-11-9(10,12-2)8-6-4-3-5-7-8/h3-4,6-7H,10H2,1-2H3. The van der Waals surface area contributed by atoms with Crippen molar-refractivity contribution in [3.63, 3.8) is 0 Å². The summed E-state index contributed by atoms with van der Waals surface area (Å²) in [6, 6.07) is 10.1. The van der Waals surface area contributed by atoms with Crippen LogP contribution in [0.1, 0.15) is 5.56 Å². The highest BCUT2D eigenvalue weighted by Gasteiger charge is 2.25. The van der Waals surface area contributed by atoms with E-state index in [4.69, 9.17) is 15.2 Å². The Balaban J connectivity index is 2.95. The molecule has 2 N–H and O–H groups in total. The summed E-state index contributed by atoms with van der Waals surface area (Å²) in [5, 5.41) is 0. The lowest BCUT2D eigenvalue weighted by atomic mass is 10.2. The molecule has 1 aromatic carbocycles. The predicted molar refractivity (Wildman–Crippen MR) is 45.2 cm³/mol. The van der Waals surface area contributed by atoms with Crippen molar-refractivity contribution in [2.24, 2.45) is 5.73 Å².